The van der Waals surface area contributed by atoms with Crippen LogP contribution in [0, 0.1) is 6.92 Å². The Balaban J connectivity index is 2.66. The molecule has 24 heavy (non-hydrogen) atoms. The van der Waals surface area contributed by atoms with Gasteiger partial charge in [0.2, 0.25) is 0 Å². The van der Waals surface area contributed by atoms with Crippen LogP contribution >= 0.6 is 0 Å². The second-order valence-electron chi connectivity index (χ2n) is 5.85. The van der Waals surface area contributed by atoms with Crippen molar-refractivity contribution in [2.75, 3.05) is 0 Å². The van der Waals surface area contributed by atoms with Gasteiger partial charge in [0.05, 0.1) is 5.69 Å². The van der Waals surface area contributed by atoms with Gasteiger partial charge in [0.15, 0.2) is 0 Å². The third-order valence-corrected chi connectivity index (χ3v) is 4.36. The lowest BCUT2D eigenvalue weighted by Gasteiger charge is -2.16. The molecule has 1 aromatic carbocycles. The number of benzene rings is 1. The molecule has 0 aliphatic carbocycles. The molecule has 0 atom stereocenters. The van der Waals surface area contributed by atoms with Crippen LogP contribution in [0.1, 0.15) is 48.7 Å². The number of carbonyl (C=O) groups is 1. The second kappa shape index (κ2) is 7.91. The summed E-state index contributed by atoms with van der Waals surface area (Å²) in [6.45, 7) is 8.36. The van der Waals surface area contributed by atoms with Crippen molar-refractivity contribution < 1.29 is 9.90 Å². The van der Waals surface area contributed by atoms with Crippen molar-refractivity contribution in [3.8, 4) is 11.3 Å². The molecule has 0 fully saturated rings. The molecule has 3 nitrogen and oxygen atoms in total. The maximum atomic E-state index is 10.8. The third kappa shape index (κ3) is 3.73. The molecule has 0 aliphatic heterocycles. The average Bonchev–Trinajstić information content (AvgIpc) is 2.58. The highest BCUT2D eigenvalue weighted by Gasteiger charge is 2.14. The number of carboxylic acids is 1. The quantitative estimate of drug-likeness (QED) is 0.774. The van der Waals surface area contributed by atoms with Gasteiger partial charge in [0.1, 0.15) is 0 Å². The first-order valence-corrected chi connectivity index (χ1v) is 8.54. The Morgan fingerprint density at radius 3 is 2.17 bits per heavy atom. The Morgan fingerprint density at radius 1 is 1.08 bits per heavy atom. The van der Waals surface area contributed by atoms with E-state index in [2.05, 4.69) is 45.0 Å². The number of carboxylic acid groups (broad SMARTS) is 1. The van der Waals surface area contributed by atoms with Crippen LogP contribution in [-0.2, 0) is 24.1 Å². The molecule has 0 amide bonds. The molecule has 0 radical (unpaired) electrons. The summed E-state index contributed by atoms with van der Waals surface area (Å²) < 4.78 is 0. The van der Waals surface area contributed by atoms with E-state index < -0.39 is 5.97 Å². The Hall–Kier alpha value is -2.42. The van der Waals surface area contributed by atoms with Gasteiger partial charge in [-0.2, -0.15) is 0 Å². The summed E-state index contributed by atoms with van der Waals surface area (Å²) in [5.41, 5.74) is 7.74. The molecule has 0 bridgehead atoms. The number of aryl methyl sites for hydroxylation is 4. The molecule has 0 aliphatic rings. The van der Waals surface area contributed by atoms with Gasteiger partial charge in [0, 0.05) is 17.3 Å². The summed E-state index contributed by atoms with van der Waals surface area (Å²) in [5.74, 6) is -0.940. The van der Waals surface area contributed by atoms with E-state index in [0.29, 0.717) is 0 Å². The first kappa shape index (κ1) is 17.9. The first-order chi connectivity index (χ1) is 11.5. The zero-order valence-electron chi connectivity index (χ0n) is 14.9. The first-order valence-electron chi connectivity index (χ1n) is 8.54. The molecule has 1 aromatic heterocycles. The molecule has 0 saturated heterocycles. The maximum absolute atomic E-state index is 10.8. The van der Waals surface area contributed by atoms with Gasteiger partial charge in [-0.05, 0) is 60.6 Å². The van der Waals surface area contributed by atoms with Gasteiger partial charge in [-0.25, -0.2) is 4.79 Å². The minimum atomic E-state index is -0.940. The summed E-state index contributed by atoms with van der Waals surface area (Å²) in [6, 6.07) is 8.55. The Bertz CT molecular complexity index is 753. The molecular weight excluding hydrogens is 298 g/mol. The number of aromatic nitrogens is 1. The predicted octanol–water partition coefficient (Wildman–Crippen LogP) is 4.84. The van der Waals surface area contributed by atoms with Crippen molar-refractivity contribution in [1.82, 2.24) is 4.98 Å². The number of nitrogens with zero attached hydrogens (tertiary/aromatic N) is 1. The van der Waals surface area contributed by atoms with Crippen LogP contribution < -0.4 is 0 Å². The zero-order valence-corrected chi connectivity index (χ0v) is 14.9. The van der Waals surface area contributed by atoms with E-state index in [-0.39, 0.29) is 0 Å². The fourth-order valence-electron chi connectivity index (χ4n) is 3.12. The molecule has 126 valence electrons. The van der Waals surface area contributed by atoms with Gasteiger partial charge >= 0.3 is 5.97 Å². The largest absolute Gasteiger partial charge is 0.478 e. The zero-order chi connectivity index (χ0) is 17.7. The van der Waals surface area contributed by atoms with E-state index in [4.69, 9.17) is 10.1 Å². The van der Waals surface area contributed by atoms with Crippen molar-refractivity contribution in [3.63, 3.8) is 0 Å². The minimum Gasteiger partial charge on any atom is -0.478 e. The maximum Gasteiger partial charge on any atom is 0.328 e. The van der Waals surface area contributed by atoms with Crippen LogP contribution in [0.25, 0.3) is 17.3 Å². The lowest BCUT2D eigenvalue weighted by molar-refractivity contribution is -0.131. The van der Waals surface area contributed by atoms with Crippen molar-refractivity contribution in [1.29, 1.82) is 0 Å². The van der Waals surface area contributed by atoms with Crippen molar-refractivity contribution in [3.05, 3.63) is 58.3 Å². The Morgan fingerprint density at radius 2 is 1.67 bits per heavy atom. The van der Waals surface area contributed by atoms with Crippen LogP contribution in [0.3, 0.4) is 0 Å². The van der Waals surface area contributed by atoms with E-state index >= 15 is 0 Å². The summed E-state index contributed by atoms with van der Waals surface area (Å²) in [7, 11) is 0. The Labute approximate surface area is 144 Å². The van der Waals surface area contributed by atoms with Crippen LogP contribution in [0.4, 0.5) is 0 Å². The number of pyridine rings is 1. The van der Waals surface area contributed by atoms with E-state index in [0.717, 1.165) is 41.8 Å². The van der Waals surface area contributed by atoms with E-state index in [1.807, 2.05) is 6.92 Å². The third-order valence-electron chi connectivity index (χ3n) is 4.36. The number of rotatable bonds is 6. The topological polar surface area (TPSA) is 50.2 Å². The van der Waals surface area contributed by atoms with Gasteiger partial charge in [0.25, 0.3) is 0 Å². The lowest BCUT2D eigenvalue weighted by Crippen LogP contribution is -2.02. The smallest absolute Gasteiger partial charge is 0.328 e. The lowest BCUT2D eigenvalue weighted by atomic mass is 9.92. The minimum absolute atomic E-state index is 0.839. The molecule has 2 rings (SSSR count). The monoisotopic (exact) mass is 323 g/mol. The van der Waals surface area contributed by atoms with Crippen molar-refractivity contribution in [2.24, 2.45) is 0 Å². The SMILES string of the molecule is CCc1cc(-c2c(CC)cccc2CC)nc(C)c1C=CC(=O)O. The average molecular weight is 323 g/mol. The summed E-state index contributed by atoms with van der Waals surface area (Å²) in [6.07, 6.45) is 5.60. The van der Waals surface area contributed by atoms with Crippen LogP contribution in [0.15, 0.2) is 30.3 Å². The van der Waals surface area contributed by atoms with Crippen LogP contribution in [0.2, 0.25) is 0 Å². The van der Waals surface area contributed by atoms with E-state index in [9.17, 15) is 4.79 Å². The normalized spacial score (nSPS) is 11.2. The Kier molecular flexibility index (Phi) is 5.91. The van der Waals surface area contributed by atoms with Gasteiger partial charge in [-0.1, -0.05) is 39.0 Å². The standard InChI is InChI=1S/C21H25NO2/c1-5-15-9-8-10-16(6-2)21(15)19-13-17(7-3)18(14(4)22-19)11-12-20(23)24/h8-13H,5-7H2,1-4H3,(H,23,24). The molecule has 3 heteroatoms. The fourth-order valence-corrected chi connectivity index (χ4v) is 3.12. The molecule has 1 heterocycles. The van der Waals surface area contributed by atoms with Gasteiger partial charge < -0.3 is 5.11 Å². The molecule has 0 unspecified atom stereocenters. The second-order valence-corrected chi connectivity index (χ2v) is 5.85. The molecule has 0 saturated carbocycles. The van der Waals surface area contributed by atoms with Crippen molar-refractivity contribution in [2.45, 2.75) is 47.0 Å². The highest BCUT2D eigenvalue weighted by molar-refractivity contribution is 5.86. The predicted molar refractivity (Wildman–Crippen MR) is 99.2 cm³/mol. The number of hydrogen-bond acceptors (Lipinski definition) is 2. The number of hydrogen-bond donors (Lipinski definition) is 1. The van der Waals surface area contributed by atoms with E-state index in [1.165, 1.54) is 22.8 Å². The molecule has 2 aromatic rings. The highest BCUT2D eigenvalue weighted by atomic mass is 16.4. The van der Waals surface area contributed by atoms with Crippen LogP contribution in [0.5, 0.6) is 0 Å². The van der Waals surface area contributed by atoms with Gasteiger partial charge in [-0.15, -0.1) is 0 Å². The van der Waals surface area contributed by atoms with E-state index in [1.54, 1.807) is 6.08 Å². The number of aliphatic carboxylic acids is 1. The summed E-state index contributed by atoms with van der Waals surface area (Å²) in [5, 5.41) is 8.89. The highest BCUT2D eigenvalue weighted by Crippen LogP contribution is 2.30. The molecule has 1 N–H and O–H groups in total. The van der Waals surface area contributed by atoms with Crippen LogP contribution in [-0.4, -0.2) is 16.1 Å². The fraction of sp³-hybridized carbons (Fsp3) is 0.333. The summed E-state index contributed by atoms with van der Waals surface area (Å²) in [4.78, 5) is 15.6. The molecule has 0 spiro atoms. The molecular formula is C21H25NO2. The van der Waals surface area contributed by atoms with Gasteiger partial charge in [-0.3, -0.25) is 4.98 Å². The summed E-state index contributed by atoms with van der Waals surface area (Å²) >= 11 is 0. The van der Waals surface area contributed by atoms with Crippen molar-refractivity contribution >= 4 is 12.0 Å².